The molecule has 1 aliphatic rings. The number of halogens is 1. The second kappa shape index (κ2) is 6.77. The second-order valence-corrected chi connectivity index (χ2v) is 7.69. The molecule has 1 N–H and O–H groups in total. The minimum Gasteiger partial charge on any atom is -0.481 e. The van der Waals surface area contributed by atoms with Crippen LogP contribution in [-0.2, 0) is 21.4 Å². The minimum atomic E-state index is -3.43. The summed E-state index contributed by atoms with van der Waals surface area (Å²) in [6, 6.07) is 7.14. The van der Waals surface area contributed by atoms with Crippen LogP contribution in [0.5, 0.6) is 0 Å². The molecule has 1 aromatic rings. The monoisotopic (exact) mass is 331 g/mol. The molecule has 0 radical (unpaired) electrons. The van der Waals surface area contributed by atoms with Gasteiger partial charge in [0.25, 0.3) is 0 Å². The number of carboxylic acid groups (broad SMARTS) is 1. The van der Waals surface area contributed by atoms with Crippen LogP contribution in [0.3, 0.4) is 0 Å². The summed E-state index contributed by atoms with van der Waals surface area (Å²) in [6.07, 6.45) is 1.75. The lowest BCUT2D eigenvalue weighted by Gasteiger charge is -2.22. The van der Waals surface area contributed by atoms with Crippen molar-refractivity contribution in [1.82, 2.24) is 4.31 Å². The number of carbonyl (C=O) groups is 1. The fourth-order valence-electron chi connectivity index (χ4n) is 2.11. The molecule has 5 nitrogen and oxygen atoms in total. The van der Waals surface area contributed by atoms with E-state index in [1.165, 1.54) is 4.31 Å². The van der Waals surface area contributed by atoms with Gasteiger partial charge < -0.3 is 5.11 Å². The van der Waals surface area contributed by atoms with Gasteiger partial charge >= 0.3 is 5.97 Å². The van der Waals surface area contributed by atoms with E-state index < -0.39 is 16.0 Å². The zero-order valence-corrected chi connectivity index (χ0v) is 13.1. The average molecular weight is 332 g/mol. The Balaban J connectivity index is 2.04. The van der Waals surface area contributed by atoms with E-state index in [4.69, 9.17) is 16.7 Å². The van der Waals surface area contributed by atoms with Crippen molar-refractivity contribution in [2.24, 2.45) is 0 Å². The molecule has 0 aliphatic heterocycles. The maximum absolute atomic E-state index is 12.4. The number of benzene rings is 1. The first-order valence-electron chi connectivity index (χ1n) is 6.84. The molecule has 1 aliphatic carbocycles. The maximum atomic E-state index is 12.4. The van der Waals surface area contributed by atoms with Crippen molar-refractivity contribution in [2.45, 2.75) is 38.3 Å². The van der Waals surface area contributed by atoms with Crippen LogP contribution in [-0.4, -0.2) is 35.6 Å². The SMILES string of the molecule is O=C(O)CCCS(=O)(=O)N(Cc1ccc(Cl)cc1)C1CC1. The second-order valence-electron chi connectivity index (χ2n) is 5.22. The molecule has 7 heteroatoms. The predicted molar refractivity (Wildman–Crippen MR) is 80.7 cm³/mol. The summed E-state index contributed by atoms with van der Waals surface area (Å²) in [5.41, 5.74) is 0.883. The third-order valence-corrected chi connectivity index (χ3v) is 5.55. The molecular weight excluding hydrogens is 314 g/mol. The number of aliphatic carboxylic acids is 1. The van der Waals surface area contributed by atoms with E-state index in [0.29, 0.717) is 11.6 Å². The summed E-state index contributed by atoms with van der Waals surface area (Å²) < 4.78 is 26.2. The largest absolute Gasteiger partial charge is 0.481 e. The van der Waals surface area contributed by atoms with E-state index in [9.17, 15) is 13.2 Å². The van der Waals surface area contributed by atoms with Gasteiger partial charge in [-0.3, -0.25) is 4.79 Å². The molecule has 0 unspecified atom stereocenters. The summed E-state index contributed by atoms with van der Waals surface area (Å²) in [5, 5.41) is 9.22. The van der Waals surface area contributed by atoms with Crippen molar-refractivity contribution in [3.8, 4) is 0 Å². The average Bonchev–Trinajstić information content (AvgIpc) is 3.21. The normalized spacial score (nSPS) is 15.3. The third kappa shape index (κ3) is 4.98. The van der Waals surface area contributed by atoms with Crippen LogP contribution in [0.1, 0.15) is 31.2 Å². The van der Waals surface area contributed by atoms with Crippen molar-refractivity contribution in [2.75, 3.05) is 5.75 Å². The molecule has 116 valence electrons. The van der Waals surface area contributed by atoms with Crippen LogP contribution >= 0.6 is 11.6 Å². The molecule has 1 fully saturated rings. The van der Waals surface area contributed by atoms with Crippen LogP contribution < -0.4 is 0 Å². The van der Waals surface area contributed by atoms with Crippen LogP contribution in [0.25, 0.3) is 0 Å². The first-order valence-corrected chi connectivity index (χ1v) is 8.83. The highest BCUT2D eigenvalue weighted by Gasteiger charge is 2.36. The molecule has 21 heavy (non-hydrogen) atoms. The molecule has 2 rings (SSSR count). The number of nitrogens with zero attached hydrogens (tertiary/aromatic N) is 1. The highest BCUT2D eigenvalue weighted by molar-refractivity contribution is 7.89. The molecule has 0 aromatic heterocycles. The van der Waals surface area contributed by atoms with Gasteiger partial charge in [-0.15, -0.1) is 0 Å². The number of sulfonamides is 1. The fraction of sp³-hybridized carbons (Fsp3) is 0.500. The smallest absolute Gasteiger partial charge is 0.303 e. The summed E-state index contributed by atoms with van der Waals surface area (Å²) in [4.78, 5) is 10.5. The topological polar surface area (TPSA) is 74.7 Å². The Hall–Kier alpha value is -1.11. The van der Waals surface area contributed by atoms with Crippen LogP contribution in [0.15, 0.2) is 24.3 Å². The van der Waals surface area contributed by atoms with E-state index >= 15 is 0 Å². The number of rotatable bonds is 8. The van der Waals surface area contributed by atoms with Crippen molar-refractivity contribution < 1.29 is 18.3 Å². The Labute approximate surface area is 129 Å². The van der Waals surface area contributed by atoms with Crippen molar-refractivity contribution >= 4 is 27.6 Å². The van der Waals surface area contributed by atoms with Crippen LogP contribution in [0.4, 0.5) is 0 Å². The van der Waals surface area contributed by atoms with E-state index in [2.05, 4.69) is 0 Å². The Kier molecular flexibility index (Phi) is 5.24. The summed E-state index contributed by atoms with van der Waals surface area (Å²) >= 11 is 5.82. The lowest BCUT2D eigenvalue weighted by Crippen LogP contribution is -2.34. The number of carboxylic acids is 1. The lowest BCUT2D eigenvalue weighted by atomic mass is 10.2. The number of hydrogen-bond acceptors (Lipinski definition) is 3. The van der Waals surface area contributed by atoms with E-state index in [1.54, 1.807) is 12.1 Å². The summed E-state index contributed by atoms with van der Waals surface area (Å²) in [5.74, 6) is -1.09. The van der Waals surface area contributed by atoms with E-state index in [-0.39, 0.29) is 24.6 Å². The number of hydrogen-bond donors (Lipinski definition) is 1. The van der Waals surface area contributed by atoms with Gasteiger partial charge in [0.15, 0.2) is 0 Å². The van der Waals surface area contributed by atoms with Gasteiger partial charge in [0, 0.05) is 24.0 Å². The zero-order valence-electron chi connectivity index (χ0n) is 11.5. The van der Waals surface area contributed by atoms with Gasteiger partial charge in [0.2, 0.25) is 10.0 Å². The van der Waals surface area contributed by atoms with Crippen molar-refractivity contribution in [1.29, 1.82) is 0 Å². The molecule has 0 spiro atoms. The molecule has 1 saturated carbocycles. The Morgan fingerprint density at radius 3 is 2.43 bits per heavy atom. The van der Waals surface area contributed by atoms with E-state index in [0.717, 1.165) is 18.4 Å². The minimum absolute atomic E-state index is 0.0514. The van der Waals surface area contributed by atoms with Gasteiger partial charge in [-0.2, -0.15) is 4.31 Å². The van der Waals surface area contributed by atoms with Gasteiger partial charge in [-0.05, 0) is 37.0 Å². The fourth-order valence-corrected chi connectivity index (χ4v) is 3.99. The molecule has 0 amide bonds. The zero-order chi connectivity index (χ0) is 15.5. The van der Waals surface area contributed by atoms with Crippen LogP contribution in [0.2, 0.25) is 5.02 Å². The molecule has 0 atom stereocenters. The molecular formula is C14H18ClNO4S. The Morgan fingerprint density at radius 2 is 1.90 bits per heavy atom. The van der Waals surface area contributed by atoms with Gasteiger partial charge in [-0.1, -0.05) is 23.7 Å². The van der Waals surface area contributed by atoms with Crippen molar-refractivity contribution in [3.05, 3.63) is 34.9 Å². The quantitative estimate of drug-likeness (QED) is 0.794. The van der Waals surface area contributed by atoms with Gasteiger partial charge in [0.1, 0.15) is 0 Å². The molecule has 0 saturated heterocycles. The highest BCUT2D eigenvalue weighted by atomic mass is 35.5. The first kappa shape index (κ1) is 16.3. The maximum Gasteiger partial charge on any atom is 0.303 e. The van der Waals surface area contributed by atoms with Crippen LogP contribution in [0, 0.1) is 0 Å². The summed E-state index contributed by atoms with van der Waals surface area (Å²) in [6.45, 7) is 0.317. The molecule has 0 bridgehead atoms. The summed E-state index contributed by atoms with van der Waals surface area (Å²) in [7, 11) is -3.43. The molecule has 1 aromatic carbocycles. The Morgan fingerprint density at radius 1 is 1.29 bits per heavy atom. The third-order valence-electron chi connectivity index (χ3n) is 3.36. The molecule has 0 heterocycles. The van der Waals surface area contributed by atoms with Gasteiger partial charge in [0.05, 0.1) is 5.75 Å². The predicted octanol–water partition coefficient (Wildman–Crippen LogP) is 2.50. The highest BCUT2D eigenvalue weighted by Crippen LogP contribution is 2.31. The Bertz CT molecular complexity index is 596. The standard InChI is InChI=1S/C14H18ClNO4S/c15-12-5-3-11(4-6-12)10-16(13-7-8-13)21(19,20)9-1-2-14(17)18/h3-6,13H,1-2,7-10H2,(H,17,18). The van der Waals surface area contributed by atoms with E-state index in [1.807, 2.05) is 12.1 Å². The lowest BCUT2D eigenvalue weighted by molar-refractivity contribution is -0.137. The van der Waals surface area contributed by atoms with Gasteiger partial charge in [-0.25, -0.2) is 8.42 Å². The van der Waals surface area contributed by atoms with Crippen molar-refractivity contribution in [3.63, 3.8) is 0 Å². The first-order chi connectivity index (χ1) is 9.88.